The van der Waals surface area contributed by atoms with Crippen molar-refractivity contribution in [1.82, 2.24) is 0 Å². The summed E-state index contributed by atoms with van der Waals surface area (Å²) in [6.07, 6.45) is 1.52. The van der Waals surface area contributed by atoms with Crippen LogP contribution in [0.3, 0.4) is 0 Å². The smallest absolute Gasteiger partial charge is 0.372 e. The number of Topliss-reactive ketones (excluding diaryl/α,β-unsaturated/α-hetero) is 1. The van der Waals surface area contributed by atoms with Gasteiger partial charge in [-0.15, -0.1) is 0 Å². The summed E-state index contributed by atoms with van der Waals surface area (Å²) in [4.78, 5) is 44.5. The van der Waals surface area contributed by atoms with Crippen LogP contribution in [-0.4, -0.2) is 75.0 Å². The summed E-state index contributed by atoms with van der Waals surface area (Å²) in [6, 6.07) is 7.10. The number of carbonyl (C=O) groups is 4. The Bertz CT molecular complexity index is 719. The third kappa shape index (κ3) is 12.7. The fourth-order valence-corrected chi connectivity index (χ4v) is 2.34. The molecule has 0 saturated heterocycles. The maximum absolute atomic E-state index is 12.0. The van der Waals surface area contributed by atoms with E-state index in [2.05, 4.69) is 12.2 Å². The number of rotatable bonds is 18. The summed E-state index contributed by atoms with van der Waals surface area (Å²) in [6.45, 7) is 4.01. The molecule has 0 unspecified atom stereocenters. The van der Waals surface area contributed by atoms with Gasteiger partial charge in [-0.2, -0.15) is 0 Å². The second-order valence-corrected chi connectivity index (χ2v) is 6.67. The van der Waals surface area contributed by atoms with Gasteiger partial charge in [0.2, 0.25) is 5.78 Å². The Morgan fingerprint density at radius 2 is 1.44 bits per heavy atom. The molecule has 1 aromatic rings. The Hall–Kier alpha value is -2.98. The Labute approximate surface area is 187 Å². The first kappa shape index (κ1) is 27.1. The Morgan fingerprint density at radius 1 is 0.844 bits per heavy atom. The minimum atomic E-state index is -1.57. The Balaban J connectivity index is 1.99. The zero-order chi connectivity index (χ0) is 23.6. The topological polar surface area (TPSA) is 137 Å². The summed E-state index contributed by atoms with van der Waals surface area (Å²) in [7, 11) is 0. The highest BCUT2D eigenvalue weighted by molar-refractivity contribution is 6.32. The fourth-order valence-electron chi connectivity index (χ4n) is 2.34. The van der Waals surface area contributed by atoms with Crippen LogP contribution in [0.1, 0.15) is 43.0 Å². The van der Waals surface area contributed by atoms with Crippen LogP contribution < -0.4 is 5.32 Å². The largest absolute Gasteiger partial charge is 0.476 e. The molecule has 0 aromatic heterocycles. The number of nitrogens with one attached hydrogen (secondary N) is 1. The van der Waals surface area contributed by atoms with E-state index < -0.39 is 30.1 Å². The van der Waals surface area contributed by atoms with E-state index in [0.717, 1.165) is 25.1 Å². The molecular weight excluding hydrogens is 422 g/mol. The molecule has 0 amide bonds. The number of carboxylic acids is 1. The molecule has 0 saturated carbocycles. The van der Waals surface area contributed by atoms with Crippen LogP contribution >= 0.6 is 0 Å². The number of carboxylic acid groups (broad SMARTS) is 1. The van der Waals surface area contributed by atoms with E-state index in [4.69, 9.17) is 24.1 Å². The van der Waals surface area contributed by atoms with Gasteiger partial charge in [0.1, 0.15) is 13.2 Å². The molecule has 0 heterocycles. The van der Waals surface area contributed by atoms with Crippen LogP contribution in [0, 0.1) is 0 Å². The third-order valence-corrected chi connectivity index (χ3v) is 4.10. The number of ketones is 1. The number of hydrogen-bond donors (Lipinski definition) is 2. The Morgan fingerprint density at radius 3 is 2.03 bits per heavy atom. The van der Waals surface area contributed by atoms with Crippen molar-refractivity contribution in [2.45, 2.75) is 32.6 Å². The summed E-state index contributed by atoms with van der Waals surface area (Å²) in [5.41, 5.74) is 1.43. The minimum absolute atomic E-state index is 0.00930. The number of esters is 2. The highest BCUT2D eigenvalue weighted by Crippen LogP contribution is 2.10. The van der Waals surface area contributed by atoms with Crippen molar-refractivity contribution in [2.24, 2.45) is 0 Å². The van der Waals surface area contributed by atoms with Crippen molar-refractivity contribution in [3.8, 4) is 0 Å². The van der Waals surface area contributed by atoms with E-state index >= 15 is 0 Å². The third-order valence-electron chi connectivity index (χ3n) is 4.10. The molecule has 0 aliphatic heterocycles. The molecule has 10 nitrogen and oxygen atoms in total. The van der Waals surface area contributed by atoms with Crippen LogP contribution in [0.2, 0.25) is 0 Å². The number of anilines is 1. The number of unbranched alkanes of at least 4 members (excludes halogenated alkanes) is 1. The molecule has 1 aromatic carbocycles. The first-order valence-corrected chi connectivity index (χ1v) is 10.5. The summed E-state index contributed by atoms with van der Waals surface area (Å²) in [5, 5.41) is 11.7. The number of carbonyl (C=O) groups excluding carboxylic acids is 3. The molecule has 0 spiro atoms. The maximum atomic E-state index is 12.0. The molecule has 10 heteroatoms. The quantitative estimate of drug-likeness (QED) is 0.193. The lowest BCUT2D eigenvalue weighted by molar-refractivity contribution is -0.151. The average Bonchev–Trinajstić information content (AvgIpc) is 2.79. The zero-order valence-electron chi connectivity index (χ0n) is 18.3. The lowest BCUT2D eigenvalue weighted by Gasteiger charge is -2.08. The first-order valence-electron chi connectivity index (χ1n) is 10.5. The van der Waals surface area contributed by atoms with E-state index in [-0.39, 0.29) is 46.1 Å². The molecule has 0 fully saturated rings. The molecule has 178 valence electrons. The summed E-state index contributed by atoms with van der Waals surface area (Å²) < 4.78 is 20.5. The molecule has 2 N–H and O–H groups in total. The van der Waals surface area contributed by atoms with E-state index in [1.807, 2.05) is 12.1 Å². The van der Waals surface area contributed by atoms with Gasteiger partial charge in [-0.3, -0.25) is 9.59 Å². The molecule has 0 aliphatic rings. The zero-order valence-corrected chi connectivity index (χ0v) is 18.3. The van der Waals surface area contributed by atoms with Crippen LogP contribution in [0.15, 0.2) is 24.3 Å². The van der Waals surface area contributed by atoms with Gasteiger partial charge in [-0.05, 0) is 30.7 Å². The van der Waals surface area contributed by atoms with E-state index in [9.17, 15) is 19.2 Å². The SMILES string of the molecule is CCCCNc1ccc(C(=O)OCCOCCOCCOC(=O)CCC(=O)C(=O)O)cc1. The number of ether oxygens (including phenoxy) is 4. The highest BCUT2D eigenvalue weighted by atomic mass is 16.6. The number of benzene rings is 1. The molecule has 0 aliphatic carbocycles. The van der Waals surface area contributed by atoms with Crippen LogP contribution in [-0.2, 0) is 33.3 Å². The van der Waals surface area contributed by atoms with Crippen molar-refractivity contribution in [3.05, 3.63) is 29.8 Å². The average molecular weight is 453 g/mol. The van der Waals surface area contributed by atoms with E-state index in [1.165, 1.54) is 0 Å². The predicted octanol–water partition coefficient (Wildman–Crippen LogP) is 2.07. The van der Waals surface area contributed by atoms with Crippen LogP contribution in [0.25, 0.3) is 0 Å². The number of aliphatic carboxylic acids is 1. The summed E-state index contributed by atoms with van der Waals surface area (Å²) >= 11 is 0. The van der Waals surface area contributed by atoms with Gasteiger partial charge in [-0.1, -0.05) is 13.3 Å². The van der Waals surface area contributed by atoms with Crippen molar-refractivity contribution < 1.29 is 43.2 Å². The highest BCUT2D eigenvalue weighted by Gasteiger charge is 2.14. The second kappa shape index (κ2) is 16.7. The second-order valence-electron chi connectivity index (χ2n) is 6.67. The van der Waals surface area contributed by atoms with Gasteiger partial charge in [0.25, 0.3) is 0 Å². The lowest BCUT2D eigenvalue weighted by Crippen LogP contribution is -2.17. The summed E-state index contributed by atoms with van der Waals surface area (Å²) in [5.74, 6) is -3.69. The molecular formula is C22H31NO9. The predicted molar refractivity (Wildman–Crippen MR) is 115 cm³/mol. The van der Waals surface area contributed by atoms with Gasteiger partial charge >= 0.3 is 17.9 Å². The fraction of sp³-hybridized carbons (Fsp3) is 0.545. The van der Waals surface area contributed by atoms with Gasteiger partial charge in [-0.25, -0.2) is 9.59 Å². The van der Waals surface area contributed by atoms with Crippen LogP contribution in [0.5, 0.6) is 0 Å². The number of hydrogen-bond acceptors (Lipinski definition) is 9. The minimum Gasteiger partial charge on any atom is -0.476 e. The molecule has 0 bridgehead atoms. The van der Waals surface area contributed by atoms with Crippen molar-refractivity contribution in [1.29, 1.82) is 0 Å². The monoisotopic (exact) mass is 453 g/mol. The van der Waals surface area contributed by atoms with Crippen molar-refractivity contribution >= 4 is 29.4 Å². The van der Waals surface area contributed by atoms with Gasteiger partial charge in [0, 0.05) is 18.7 Å². The van der Waals surface area contributed by atoms with Crippen molar-refractivity contribution in [3.63, 3.8) is 0 Å². The van der Waals surface area contributed by atoms with Gasteiger partial charge in [0.15, 0.2) is 0 Å². The molecule has 0 radical (unpaired) electrons. The van der Waals surface area contributed by atoms with Gasteiger partial charge in [0.05, 0.1) is 38.4 Å². The standard InChI is InChI=1S/C22H31NO9/c1-2-3-10-23-18-6-4-17(5-7-18)22(28)32-16-14-30-12-11-29-13-15-31-20(25)9-8-19(24)21(26)27/h4-7,23H,2-3,8-16H2,1H3,(H,26,27). The maximum Gasteiger partial charge on any atom is 0.372 e. The normalized spacial score (nSPS) is 10.4. The Kier molecular flexibility index (Phi) is 14.1. The van der Waals surface area contributed by atoms with E-state index in [0.29, 0.717) is 5.56 Å². The molecule has 0 atom stereocenters. The molecule has 1 rings (SSSR count). The van der Waals surface area contributed by atoms with Crippen LogP contribution in [0.4, 0.5) is 5.69 Å². The van der Waals surface area contributed by atoms with Gasteiger partial charge < -0.3 is 29.4 Å². The van der Waals surface area contributed by atoms with E-state index in [1.54, 1.807) is 12.1 Å². The first-order chi connectivity index (χ1) is 15.4. The lowest BCUT2D eigenvalue weighted by atomic mass is 10.2. The molecule has 32 heavy (non-hydrogen) atoms. The van der Waals surface area contributed by atoms with Crippen molar-refractivity contribution in [2.75, 3.05) is 51.5 Å².